The fraction of sp³-hybridized carbons (Fsp3) is 0.174. The van der Waals surface area contributed by atoms with Gasteiger partial charge in [-0.05, 0) is 43.7 Å². The number of benzene rings is 3. The lowest BCUT2D eigenvalue weighted by molar-refractivity contribution is -0.116. The first-order chi connectivity index (χ1) is 13.6. The Bertz CT molecular complexity index is 1100. The summed E-state index contributed by atoms with van der Waals surface area (Å²) in [5, 5.41) is 11.6. The molecule has 0 fully saturated rings. The zero-order chi connectivity index (χ0) is 19.5. The van der Waals surface area contributed by atoms with Crippen molar-refractivity contribution in [3.8, 4) is 0 Å². The van der Waals surface area contributed by atoms with Gasteiger partial charge < -0.3 is 5.32 Å². The number of amides is 1. The van der Waals surface area contributed by atoms with Crippen LogP contribution in [0.25, 0.3) is 11.0 Å². The molecule has 1 N–H and O–H groups in total. The summed E-state index contributed by atoms with van der Waals surface area (Å²) in [6.45, 7) is 4.07. The summed E-state index contributed by atoms with van der Waals surface area (Å²) in [6, 6.07) is 23.6. The van der Waals surface area contributed by atoms with Gasteiger partial charge in [0.1, 0.15) is 5.52 Å². The van der Waals surface area contributed by atoms with Crippen LogP contribution < -0.4 is 5.32 Å². The van der Waals surface area contributed by atoms with Gasteiger partial charge in [-0.1, -0.05) is 64.9 Å². The minimum absolute atomic E-state index is 0.0611. The van der Waals surface area contributed by atoms with Gasteiger partial charge in [-0.25, -0.2) is 4.68 Å². The molecule has 0 spiro atoms. The number of aryl methyl sites for hydroxylation is 2. The van der Waals surface area contributed by atoms with Gasteiger partial charge in [0.2, 0.25) is 5.91 Å². The van der Waals surface area contributed by atoms with E-state index in [1.807, 2.05) is 67.1 Å². The fourth-order valence-electron chi connectivity index (χ4n) is 3.28. The highest BCUT2D eigenvalue weighted by atomic mass is 16.1. The van der Waals surface area contributed by atoms with E-state index in [1.165, 1.54) is 5.56 Å². The standard InChI is InChI=1S/C23H22N4O/c1-16-7-11-18(12-8-16)22(27-21-6-4-3-5-20(21)25-26-27)15-23(28)24-19-13-9-17(2)10-14-19/h3-14,22H,15H2,1-2H3,(H,24,28). The van der Waals surface area contributed by atoms with Gasteiger partial charge in [-0.15, -0.1) is 5.10 Å². The predicted octanol–water partition coefficient (Wildman–Crippen LogP) is 4.67. The van der Waals surface area contributed by atoms with Gasteiger partial charge in [-0.3, -0.25) is 4.79 Å². The Morgan fingerprint density at radius 2 is 1.57 bits per heavy atom. The molecule has 28 heavy (non-hydrogen) atoms. The van der Waals surface area contributed by atoms with Crippen LogP contribution >= 0.6 is 0 Å². The Labute approximate surface area is 164 Å². The lowest BCUT2D eigenvalue weighted by atomic mass is 10.0. The quantitative estimate of drug-likeness (QED) is 0.555. The van der Waals surface area contributed by atoms with Crippen LogP contribution in [-0.4, -0.2) is 20.9 Å². The molecule has 5 nitrogen and oxygen atoms in total. The molecule has 0 aliphatic rings. The molecule has 5 heteroatoms. The maximum absolute atomic E-state index is 12.8. The summed E-state index contributed by atoms with van der Waals surface area (Å²) in [7, 11) is 0. The SMILES string of the molecule is Cc1ccc(NC(=O)CC(c2ccc(C)cc2)n2nnc3ccccc32)cc1. The zero-order valence-corrected chi connectivity index (χ0v) is 16.0. The highest BCUT2D eigenvalue weighted by Gasteiger charge is 2.21. The van der Waals surface area contributed by atoms with E-state index in [0.717, 1.165) is 27.8 Å². The molecule has 3 aromatic carbocycles. The van der Waals surface area contributed by atoms with Crippen molar-refractivity contribution in [3.63, 3.8) is 0 Å². The monoisotopic (exact) mass is 370 g/mol. The third-order valence-electron chi connectivity index (χ3n) is 4.85. The van der Waals surface area contributed by atoms with Crippen LogP contribution in [0.5, 0.6) is 0 Å². The summed E-state index contributed by atoms with van der Waals surface area (Å²) >= 11 is 0. The Balaban J connectivity index is 1.66. The normalized spacial score (nSPS) is 12.1. The zero-order valence-electron chi connectivity index (χ0n) is 16.0. The summed E-state index contributed by atoms with van der Waals surface area (Å²) in [5.41, 5.74) is 5.89. The second-order valence-corrected chi connectivity index (χ2v) is 7.07. The van der Waals surface area contributed by atoms with Crippen molar-refractivity contribution in [3.05, 3.63) is 89.5 Å². The third-order valence-corrected chi connectivity index (χ3v) is 4.85. The molecule has 1 unspecified atom stereocenters. The number of hydrogen-bond donors (Lipinski definition) is 1. The van der Waals surface area contributed by atoms with Crippen molar-refractivity contribution in [2.75, 3.05) is 5.32 Å². The number of rotatable bonds is 5. The molecule has 0 saturated heterocycles. The summed E-state index contributed by atoms with van der Waals surface area (Å²) in [6.07, 6.45) is 0.268. The topological polar surface area (TPSA) is 59.8 Å². The van der Waals surface area contributed by atoms with Gasteiger partial charge in [-0.2, -0.15) is 0 Å². The molecule has 0 aliphatic carbocycles. The van der Waals surface area contributed by atoms with Gasteiger partial charge in [0.25, 0.3) is 0 Å². The minimum Gasteiger partial charge on any atom is -0.326 e. The molecule has 0 radical (unpaired) electrons. The second kappa shape index (κ2) is 7.64. The number of para-hydroxylation sites is 1. The number of nitrogens with one attached hydrogen (secondary N) is 1. The van der Waals surface area contributed by atoms with Gasteiger partial charge in [0.05, 0.1) is 18.0 Å². The number of hydrogen-bond acceptors (Lipinski definition) is 3. The van der Waals surface area contributed by atoms with Crippen LogP contribution in [0.4, 0.5) is 5.69 Å². The fourth-order valence-corrected chi connectivity index (χ4v) is 3.28. The summed E-state index contributed by atoms with van der Waals surface area (Å²) in [4.78, 5) is 12.8. The molecule has 4 rings (SSSR count). The molecule has 0 aliphatic heterocycles. The van der Waals surface area contributed by atoms with Crippen molar-refractivity contribution in [2.24, 2.45) is 0 Å². The maximum atomic E-state index is 12.8. The van der Waals surface area contributed by atoms with E-state index in [9.17, 15) is 4.79 Å². The largest absolute Gasteiger partial charge is 0.326 e. The summed E-state index contributed by atoms with van der Waals surface area (Å²) < 4.78 is 1.84. The number of fused-ring (bicyclic) bond motifs is 1. The number of aromatic nitrogens is 3. The van der Waals surface area contributed by atoms with Crippen molar-refractivity contribution in [1.29, 1.82) is 0 Å². The third kappa shape index (κ3) is 3.78. The molecule has 140 valence electrons. The molecule has 0 saturated carbocycles. The van der Waals surface area contributed by atoms with E-state index in [2.05, 4.69) is 39.9 Å². The number of anilines is 1. The minimum atomic E-state index is -0.238. The van der Waals surface area contributed by atoms with Gasteiger partial charge in [0.15, 0.2) is 0 Å². The number of carbonyl (C=O) groups excluding carboxylic acids is 1. The number of nitrogens with zero attached hydrogens (tertiary/aromatic N) is 3. The Hall–Kier alpha value is -3.47. The molecular formula is C23H22N4O. The average Bonchev–Trinajstić information content (AvgIpc) is 3.13. The van der Waals surface area contributed by atoms with E-state index >= 15 is 0 Å². The molecule has 1 heterocycles. The van der Waals surface area contributed by atoms with E-state index in [0.29, 0.717) is 0 Å². The maximum Gasteiger partial charge on any atom is 0.226 e. The van der Waals surface area contributed by atoms with Crippen molar-refractivity contribution < 1.29 is 4.79 Å². The molecule has 4 aromatic rings. The van der Waals surface area contributed by atoms with Crippen LogP contribution in [0.3, 0.4) is 0 Å². The number of carbonyl (C=O) groups is 1. The Kier molecular flexibility index (Phi) is 4.89. The molecule has 1 amide bonds. The lowest BCUT2D eigenvalue weighted by Gasteiger charge is -2.18. The van der Waals surface area contributed by atoms with Crippen LogP contribution in [0, 0.1) is 13.8 Å². The van der Waals surface area contributed by atoms with Crippen LogP contribution in [-0.2, 0) is 4.79 Å². The van der Waals surface area contributed by atoms with Crippen molar-refractivity contribution >= 4 is 22.6 Å². The molecule has 1 atom stereocenters. The van der Waals surface area contributed by atoms with E-state index < -0.39 is 0 Å². The molecule has 1 aromatic heterocycles. The van der Waals surface area contributed by atoms with Crippen LogP contribution in [0.2, 0.25) is 0 Å². The lowest BCUT2D eigenvalue weighted by Crippen LogP contribution is -2.21. The van der Waals surface area contributed by atoms with Crippen LogP contribution in [0.1, 0.15) is 29.2 Å². The first-order valence-corrected chi connectivity index (χ1v) is 9.33. The van der Waals surface area contributed by atoms with E-state index in [1.54, 1.807) is 0 Å². The Morgan fingerprint density at radius 1 is 0.929 bits per heavy atom. The molecular weight excluding hydrogens is 348 g/mol. The van der Waals surface area contributed by atoms with Crippen molar-refractivity contribution in [1.82, 2.24) is 15.0 Å². The molecule has 0 bridgehead atoms. The highest BCUT2D eigenvalue weighted by molar-refractivity contribution is 5.91. The van der Waals surface area contributed by atoms with Gasteiger partial charge in [0, 0.05) is 5.69 Å². The van der Waals surface area contributed by atoms with Gasteiger partial charge >= 0.3 is 0 Å². The predicted molar refractivity (Wildman–Crippen MR) is 111 cm³/mol. The van der Waals surface area contributed by atoms with E-state index in [-0.39, 0.29) is 18.4 Å². The highest BCUT2D eigenvalue weighted by Crippen LogP contribution is 2.26. The van der Waals surface area contributed by atoms with E-state index in [4.69, 9.17) is 0 Å². The second-order valence-electron chi connectivity index (χ2n) is 7.07. The Morgan fingerprint density at radius 3 is 2.29 bits per heavy atom. The first kappa shape index (κ1) is 17.9. The smallest absolute Gasteiger partial charge is 0.226 e. The van der Waals surface area contributed by atoms with Crippen LogP contribution in [0.15, 0.2) is 72.8 Å². The van der Waals surface area contributed by atoms with Crippen molar-refractivity contribution in [2.45, 2.75) is 26.3 Å². The summed E-state index contributed by atoms with van der Waals surface area (Å²) in [5.74, 6) is -0.0611. The average molecular weight is 370 g/mol. The first-order valence-electron chi connectivity index (χ1n) is 9.33.